The highest BCUT2D eigenvalue weighted by molar-refractivity contribution is 5.93. The molecule has 21 heavy (non-hydrogen) atoms. The van der Waals surface area contributed by atoms with E-state index < -0.39 is 11.7 Å². The van der Waals surface area contributed by atoms with E-state index in [1.54, 1.807) is 32.9 Å². The van der Waals surface area contributed by atoms with Crippen molar-refractivity contribution in [3.63, 3.8) is 0 Å². The molecule has 6 nitrogen and oxygen atoms in total. The maximum Gasteiger partial charge on any atom is 0.407 e. The second kappa shape index (κ2) is 6.78. The van der Waals surface area contributed by atoms with Crippen molar-refractivity contribution in [2.45, 2.75) is 32.9 Å². The molecule has 1 aromatic rings. The van der Waals surface area contributed by atoms with E-state index in [-0.39, 0.29) is 18.1 Å². The Morgan fingerprint density at radius 1 is 1.52 bits per heavy atom. The number of aromatic hydroxyl groups is 1. The zero-order chi connectivity index (χ0) is 16.0. The number of ether oxygens (including phenoxy) is 1. The first-order valence-electron chi connectivity index (χ1n) is 6.46. The van der Waals surface area contributed by atoms with E-state index >= 15 is 0 Å². The molecule has 0 unspecified atom stereocenters. The highest BCUT2D eigenvalue weighted by Gasteiger charge is 2.15. The Morgan fingerprint density at radius 3 is 2.76 bits per heavy atom. The number of nitrogens with zero attached hydrogens (tertiary/aromatic N) is 1. The van der Waals surface area contributed by atoms with Gasteiger partial charge in [-0.2, -0.15) is 0 Å². The number of phenols is 1. The van der Waals surface area contributed by atoms with Crippen LogP contribution in [0.1, 0.15) is 26.3 Å². The molecular formula is C15H21N3O3. The Hall–Kier alpha value is -2.50. The van der Waals surface area contributed by atoms with Crippen molar-refractivity contribution < 1.29 is 14.6 Å². The van der Waals surface area contributed by atoms with E-state index in [1.807, 2.05) is 0 Å². The molecule has 1 rings (SSSR count). The van der Waals surface area contributed by atoms with Gasteiger partial charge in [-0.05, 0) is 44.5 Å². The third-order valence-corrected chi connectivity index (χ3v) is 2.33. The van der Waals surface area contributed by atoms with Crippen molar-refractivity contribution in [2.24, 2.45) is 10.7 Å². The molecule has 6 heteroatoms. The Labute approximate surface area is 124 Å². The summed E-state index contributed by atoms with van der Waals surface area (Å²) in [5.41, 5.74) is 6.07. The Bertz CT molecular complexity index is 560. The predicted octanol–water partition coefficient (Wildman–Crippen LogP) is 2.59. The molecular weight excluding hydrogens is 270 g/mol. The van der Waals surface area contributed by atoms with E-state index in [4.69, 9.17) is 10.5 Å². The lowest BCUT2D eigenvalue weighted by Crippen LogP contribution is -2.32. The number of hydrogen-bond donors (Lipinski definition) is 3. The first kappa shape index (κ1) is 16.6. The highest BCUT2D eigenvalue weighted by Crippen LogP contribution is 2.27. The molecule has 0 spiro atoms. The summed E-state index contributed by atoms with van der Waals surface area (Å²) in [5.74, 6) is 0.198. The van der Waals surface area contributed by atoms with Crippen LogP contribution in [0.3, 0.4) is 0 Å². The minimum Gasteiger partial charge on any atom is -0.506 e. The summed E-state index contributed by atoms with van der Waals surface area (Å²) in [6.07, 6.45) is 0.872. The van der Waals surface area contributed by atoms with Gasteiger partial charge in [0.25, 0.3) is 0 Å². The van der Waals surface area contributed by atoms with Crippen molar-refractivity contribution >= 4 is 17.6 Å². The van der Waals surface area contributed by atoms with E-state index in [1.165, 1.54) is 12.1 Å². The third kappa shape index (κ3) is 5.99. The number of rotatable bonds is 4. The zero-order valence-corrected chi connectivity index (χ0v) is 12.5. The van der Waals surface area contributed by atoms with Crippen LogP contribution in [0.2, 0.25) is 0 Å². The van der Waals surface area contributed by atoms with Gasteiger partial charge in [-0.25, -0.2) is 9.79 Å². The van der Waals surface area contributed by atoms with Crippen LogP contribution < -0.4 is 11.1 Å². The fourth-order valence-corrected chi connectivity index (χ4v) is 1.44. The molecule has 0 heterocycles. The van der Waals surface area contributed by atoms with Crippen LogP contribution in [-0.2, 0) is 11.3 Å². The standard InChI is InChI=1S/C15H21N3O3/c1-5-13(16)18-11-8-10(6-7-12(11)19)9-17-14(20)21-15(2,3)4/h5-8,19H,1,9H2,2-4H3,(H2,16,18)(H,17,20). The van der Waals surface area contributed by atoms with Gasteiger partial charge in [-0.1, -0.05) is 12.6 Å². The number of alkyl carbamates (subject to hydrolysis) is 1. The topological polar surface area (TPSA) is 96.9 Å². The van der Waals surface area contributed by atoms with E-state index in [9.17, 15) is 9.90 Å². The summed E-state index contributed by atoms with van der Waals surface area (Å²) < 4.78 is 5.14. The molecule has 0 saturated heterocycles. The largest absolute Gasteiger partial charge is 0.506 e. The van der Waals surface area contributed by atoms with Crippen molar-refractivity contribution in [1.82, 2.24) is 5.32 Å². The van der Waals surface area contributed by atoms with E-state index in [2.05, 4.69) is 16.9 Å². The number of amidine groups is 1. The van der Waals surface area contributed by atoms with E-state index in [0.29, 0.717) is 5.69 Å². The van der Waals surface area contributed by atoms with Crippen molar-refractivity contribution in [1.29, 1.82) is 0 Å². The second-order valence-corrected chi connectivity index (χ2v) is 5.42. The number of amides is 1. The number of carbonyl (C=O) groups excluding carboxylic acids is 1. The average Bonchev–Trinajstić information content (AvgIpc) is 2.37. The SMILES string of the molecule is C=CC(N)=Nc1cc(CNC(=O)OC(C)(C)C)ccc1O. The summed E-state index contributed by atoms with van der Waals surface area (Å²) in [6, 6.07) is 4.79. The quantitative estimate of drug-likeness (QED) is 0.586. The lowest BCUT2D eigenvalue weighted by Gasteiger charge is -2.19. The van der Waals surface area contributed by atoms with Crippen LogP contribution in [0.15, 0.2) is 35.8 Å². The molecule has 0 atom stereocenters. The van der Waals surface area contributed by atoms with Crippen LogP contribution in [0, 0.1) is 0 Å². The molecule has 1 amide bonds. The smallest absolute Gasteiger partial charge is 0.407 e. The lowest BCUT2D eigenvalue weighted by atomic mass is 10.2. The average molecular weight is 291 g/mol. The molecule has 4 N–H and O–H groups in total. The van der Waals surface area contributed by atoms with Crippen LogP contribution in [-0.4, -0.2) is 22.6 Å². The van der Waals surface area contributed by atoms with Gasteiger partial charge < -0.3 is 20.9 Å². The molecule has 114 valence electrons. The van der Waals surface area contributed by atoms with Crippen molar-refractivity contribution in [3.05, 3.63) is 36.4 Å². The van der Waals surface area contributed by atoms with Gasteiger partial charge in [0.15, 0.2) is 0 Å². The minimum atomic E-state index is -0.549. The molecule has 0 radical (unpaired) electrons. The molecule has 0 fully saturated rings. The van der Waals surface area contributed by atoms with Gasteiger partial charge in [0.1, 0.15) is 22.9 Å². The molecule has 0 saturated carbocycles. The summed E-state index contributed by atoms with van der Waals surface area (Å²) in [4.78, 5) is 15.6. The maximum atomic E-state index is 11.6. The Kier molecular flexibility index (Phi) is 5.35. The molecule has 0 bridgehead atoms. The monoisotopic (exact) mass is 291 g/mol. The van der Waals surface area contributed by atoms with Crippen LogP contribution in [0.5, 0.6) is 5.75 Å². The number of benzene rings is 1. The molecule has 0 aliphatic rings. The Balaban J connectivity index is 2.75. The number of nitrogens with one attached hydrogen (secondary N) is 1. The molecule has 0 aliphatic carbocycles. The maximum absolute atomic E-state index is 11.6. The summed E-state index contributed by atoms with van der Waals surface area (Å²) in [7, 11) is 0. The summed E-state index contributed by atoms with van der Waals surface area (Å²) in [5, 5.41) is 12.3. The van der Waals surface area contributed by atoms with Gasteiger partial charge in [0.2, 0.25) is 0 Å². The normalized spacial score (nSPS) is 11.9. The number of nitrogens with two attached hydrogens (primary N) is 1. The van der Waals surface area contributed by atoms with Gasteiger partial charge >= 0.3 is 6.09 Å². The number of carbonyl (C=O) groups is 1. The molecule has 0 aromatic heterocycles. The van der Waals surface area contributed by atoms with Gasteiger partial charge in [-0.15, -0.1) is 0 Å². The van der Waals surface area contributed by atoms with Crippen LogP contribution in [0.4, 0.5) is 10.5 Å². The van der Waals surface area contributed by atoms with Crippen LogP contribution >= 0.6 is 0 Å². The number of aliphatic imine (C=N–C) groups is 1. The molecule has 1 aromatic carbocycles. The number of phenolic OH excluding ortho intramolecular Hbond substituents is 1. The zero-order valence-electron chi connectivity index (χ0n) is 12.5. The fourth-order valence-electron chi connectivity index (χ4n) is 1.44. The predicted molar refractivity (Wildman–Crippen MR) is 82.7 cm³/mol. The van der Waals surface area contributed by atoms with Crippen molar-refractivity contribution in [2.75, 3.05) is 0 Å². The number of hydrogen-bond acceptors (Lipinski definition) is 4. The first-order valence-corrected chi connectivity index (χ1v) is 6.46. The van der Waals surface area contributed by atoms with Crippen molar-refractivity contribution in [3.8, 4) is 5.75 Å². The summed E-state index contributed by atoms with van der Waals surface area (Å²) >= 11 is 0. The summed E-state index contributed by atoms with van der Waals surface area (Å²) in [6.45, 7) is 9.12. The first-order chi connectivity index (χ1) is 9.71. The molecule has 0 aliphatic heterocycles. The third-order valence-electron chi connectivity index (χ3n) is 2.33. The van der Waals surface area contributed by atoms with Gasteiger partial charge in [0.05, 0.1) is 0 Å². The van der Waals surface area contributed by atoms with Gasteiger partial charge in [-0.3, -0.25) is 0 Å². The second-order valence-electron chi connectivity index (χ2n) is 5.42. The van der Waals surface area contributed by atoms with Crippen LogP contribution in [0.25, 0.3) is 0 Å². The Morgan fingerprint density at radius 2 is 2.19 bits per heavy atom. The minimum absolute atomic E-state index is 0.000757. The highest BCUT2D eigenvalue weighted by atomic mass is 16.6. The van der Waals surface area contributed by atoms with Gasteiger partial charge in [0, 0.05) is 6.54 Å². The lowest BCUT2D eigenvalue weighted by molar-refractivity contribution is 0.0523. The van der Waals surface area contributed by atoms with E-state index in [0.717, 1.165) is 5.56 Å². The fraction of sp³-hybridized carbons (Fsp3) is 0.333.